The number of halogens is 3. The van der Waals surface area contributed by atoms with Gasteiger partial charge in [-0.1, -0.05) is 15.9 Å². The van der Waals surface area contributed by atoms with Crippen molar-refractivity contribution >= 4 is 43.2 Å². The minimum absolute atomic E-state index is 0.363. The first-order chi connectivity index (χ1) is 7.97. The molecule has 0 aliphatic carbocycles. The number of thiophene rings is 1. The molecule has 0 aliphatic rings. The van der Waals surface area contributed by atoms with Crippen LogP contribution in [0.1, 0.15) is 21.4 Å². The van der Waals surface area contributed by atoms with Crippen molar-refractivity contribution in [2.45, 2.75) is 13.0 Å². The lowest BCUT2D eigenvalue weighted by molar-refractivity contribution is 0.223. The monoisotopic (exact) mass is 378 g/mol. The smallest absolute Gasteiger partial charge is 0.124 e. The van der Waals surface area contributed by atoms with E-state index in [2.05, 4.69) is 31.9 Å². The van der Waals surface area contributed by atoms with E-state index < -0.39 is 6.10 Å². The van der Waals surface area contributed by atoms with E-state index in [1.165, 1.54) is 23.5 Å². The molecule has 90 valence electrons. The Morgan fingerprint density at radius 1 is 1.24 bits per heavy atom. The quantitative estimate of drug-likeness (QED) is 0.794. The third kappa shape index (κ3) is 2.96. The van der Waals surface area contributed by atoms with Gasteiger partial charge in [0.15, 0.2) is 0 Å². The molecule has 0 amide bonds. The lowest BCUT2D eigenvalue weighted by Gasteiger charge is -2.10. The standard InChI is InChI=1S/C12H9Br2FOS/c1-6-2-10(14)12(17-6)11(16)7-3-8(13)5-9(15)4-7/h2-5,11,16H,1H3. The van der Waals surface area contributed by atoms with Crippen molar-refractivity contribution < 1.29 is 9.50 Å². The Kier molecular flexibility index (Phi) is 4.02. The summed E-state index contributed by atoms with van der Waals surface area (Å²) in [6.07, 6.45) is -0.810. The Bertz CT molecular complexity index is 533. The van der Waals surface area contributed by atoms with E-state index in [0.29, 0.717) is 10.0 Å². The Morgan fingerprint density at radius 3 is 2.47 bits per heavy atom. The highest BCUT2D eigenvalue weighted by molar-refractivity contribution is 9.10. The van der Waals surface area contributed by atoms with Crippen molar-refractivity contribution in [3.8, 4) is 0 Å². The van der Waals surface area contributed by atoms with Crippen LogP contribution in [-0.2, 0) is 0 Å². The second-order valence-electron chi connectivity index (χ2n) is 3.67. The van der Waals surface area contributed by atoms with Crippen LogP contribution >= 0.6 is 43.2 Å². The molecule has 1 heterocycles. The number of aliphatic hydroxyl groups excluding tert-OH is 1. The molecular weight excluding hydrogens is 371 g/mol. The summed E-state index contributed by atoms with van der Waals surface area (Å²) in [5, 5.41) is 10.2. The predicted molar refractivity (Wildman–Crippen MR) is 74.9 cm³/mol. The summed E-state index contributed by atoms with van der Waals surface area (Å²) in [7, 11) is 0. The Hall–Kier alpha value is -0.230. The fraction of sp³-hybridized carbons (Fsp3) is 0.167. The third-order valence-corrected chi connectivity index (χ3v) is 4.76. The van der Waals surface area contributed by atoms with Gasteiger partial charge < -0.3 is 5.11 Å². The number of benzene rings is 1. The zero-order valence-electron chi connectivity index (χ0n) is 8.88. The summed E-state index contributed by atoms with van der Waals surface area (Å²) in [5.41, 5.74) is 0.541. The molecule has 0 radical (unpaired) electrons. The van der Waals surface area contributed by atoms with Crippen LogP contribution in [0.15, 0.2) is 33.2 Å². The molecule has 2 rings (SSSR count). The average molecular weight is 380 g/mol. The van der Waals surface area contributed by atoms with Crippen LogP contribution in [0, 0.1) is 12.7 Å². The van der Waals surface area contributed by atoms with E-state index in [-0.39, 0.29) is 5.82 Å². The van der Waals surface area contributed by atoms with Crippen LogP contribution in [0.5, 0.6) is 0 Å². The fourth-order valence-corrected chi connectivity index (χ4v) is 3.94. The van der Waals surface area contributed by atoms with Crippen LogP contribution < -0.4 is 0 Å². The Labute approximate surface area is 120 Å². The second-order valence-corrected chi connectivity index (χ2v) is 6.73. The first kappa shape index (κ1) is 13.2. The molecule has 1 aromatic heterocycles. The molecule has 0 saturated heterocycles. The van der Waals surface area contributed by atoms with E-state index in [9.17, 15) is 9.50 Å². The van der Waals surface area contributed by atoms with E-state index in [1.807, 2.05) is 13.0 Å². The van der Waals surface area contributed by atoms with Crippen LogP contribution in [-0.4, -0.2) is 5.11 Å². The van der Waals surface area contributed by atoms with Gasteiger partial charge in [0.05, 0.1) is 4.88 Å². The van der Waals surface area contributed by atoms with Gasteiger partial charge in [-0.2, -0.15) is 0 Å². The minimum Gasteiger partial charge on any atom is -0.383 e. The lowest BCUT2D eigenvalue weighted by Crippen LogP contribution is -1.98. The van der Waals surface area contributed by atoms with Gasteiger partial charge in [-0.25, -0.2) is 4.39 Å². The van der Waals surface area contributed by atoms with Gasteiger partial charge >= 0.3 is 0 Å². The number of aryl methyl sites for hydroxylation is 1. The molecule has 0 fully saturated rings. The van der Waals surface area contributed by atoms with Crippen LogP contribution in [0.4, 0.5) is 4.39 Å². The summed E-state index contributed by atoms with van der Waals surface area (Å²) < 4.78 is 14.7. The molecule has 0 spiro atoms. The summed E-state index contributed by atoms with van der Waals surface area (Å²) in [6, 6.07) is 6.37. The molecule has 5 heteroatoms. The third-order valence-electron chi connectivity index (χ3n) is 2.29. The SMILES string of the molecule is Cc1cc(Br)c(C(O)c2cc(F)cc(Br)c2)s1. The van der Waals surface area contributed by atoms with Crippen molar-refractivity contribution in [2.24, 2.45) is 0 Å². The lowest BCUT2D eigenvalue weighted by atomic mass is 10.1. The van der Waals surface area contributed by atoms with E-state index in [1.54, 1.807) is 6.07 Å². The molecule has 0 bridgehead atoms. The zero-order valence-corrected chi connectivity index (χ0v) is 12.9. The Balaban J connectivity index is 2.43. The molecule has 1 N–H and O–H groups in total. The number of hydrogen-bond acceptors (Lipinski definition) is 2. The molecule has 2 aromatic rings. The number of aliphatic hydroxyl groups is 1. The van der Waals surface area contributed by atoms with E-state index in [4.69, 9.17) is 0 Å². The van der Waals surface area contributed by atoms with Crippen molar-refractivity contribution in [1.82, 2.24) is 0 Å². The van der Waals surface area contributed by atoms with Crippen LogP contribution in [0.2, 0.25) is 0 Å². The molecular formula is C12H9Br2FOS. The molecule has 1 unspecified atom stereocenters. The first-order valence-electron chi connectivity index (χ1n) is 4.87. The van der Waals surface area contributed by atoms with Gasteiger partial charge in [0, 0.05) is 13.8 Å². The highest BCUT2D eigenvalue weighted by Gasteiger charge is 2.17. The normalized spacial score (nSPS) is 12.8. The van der Waals surface area contributed by atoms with Crippen molar-refractivity contribution in [3.05, 3.63) is 54.3 Å². The van der Waals surface area contributed by atoms with Gasteiger partial charge in [-0.3, -0.25) is 0 Å². The Morgan fingerprint density at radius 2 is 1.94 bits per heavy atom. The van der Waals surface area contributed by atoms with E-state index in [0.717, 1.165) is 14.2 Å². The fourth-order valence-electron chi connectivity index (χ4n) is 1.57. The maximum absolute atomic E-state index is 13.3. The number of hydrogen-bond donors (Lipinski definition) is 1. The molecule has 0 saturated carbocycles. The van der Waals surface area contributed by atoms with E-state index >= 15 is 0 Å². The largest absolute Gasteiger partial charge is 0.383 e. The summed E-state index contributed by atoms with van der Waals surface area (Å²) in [4.78, 5) is 1.89. The van der Waals surface area contributed by atoms with Gasteiger partial charge in [-0.15, -0.1) is 11.3 Å². The minimum atomic E-state index is -0.810. The topological polar surface area (TPSA) is 20.2 Å². The van der Waals surface area contributed by atoms with Gasteiger partial charge in [0.25, 0.3) is 0 Å². The average Bonchev–Trinajstić information content (AvgIpc) is 2.55. The van der Waals surface area contributed by atoms with Crippen LogP contribution in [0.3, 0.4) is 0 Å². The van der Waals surface area contributed by atoms with Crippen molar-refractivity contribution in [2.75, 3.05) is 0 Å². The number of rotatable bonds is 2. The summed E-state index contributed by atoms with van der Waals surface area (Å²) >= 11 is 8.11. The molecule has 1 nitrogen and oxygen atoms in total. The van der Waals surface area contributed by atoms with Crippen LogP contribution in [0.25, 0.3) is 0 Å². The second kappa shape index (κ2) is 5.18. The highest BCUT2D eigenvalue weighted by atomic mass is 79.9. The molecule has 1 aromatic carbocycles. The van der Waals surface area contributed by atoms with Gasteiger partial charge in [-0.05, 0) is 52.7 Å². The zero-order chi connectivity index (χ0) is 12.6. The summed E-state index contributed by atoms with van der Waals surface area (Å²) in [5.74, 6) is -0.363. The maximum atomic E-state index is 13.3. The molecule has 1 atom stereocenters. The van der Waals surface area contributed by atoms with Gasteiger partial charge in [0.2, 0.25) is 0 Å². The predicted octanol–water partition coefficient (Wildman–Crippen LogP) is 4.80. The highest BCUT2D eigenvalue weighted by Crippen LogP contribution is 2.36. The van der Waals surface area contributed by atoms with Crippen molar-refractivity contribution in [1.29, 1.82) is 0 Å². The van der Waals surface area contributed by atoms with Gasteiger partial charge in [0.1, 0.15) is 11.9 Å². The maximum Gasteiger partial charge on any atom is 0.124 e. The van der Waals surface area contributed by atoms with Crippen molar-refractivity contribution in [3.63, 3.8) is 0 Å². The molecule has 0 aliphatic heterocycles. The first-order valence-corrected chi connectivity index (χ1v) is 7.27. The summed E-state index contributed by atoms with van der Waals surface area (Å²) in [6.45, 7) is 1.97. The molecule has 17 heavy (non-hydrogen) atoms.